The number of alkyl halides is 2. The third kappa shape index (κ3) is 2.26. The maximum atomic E-state index is 12.9. The van der Waals surface area contributed by atoms with Gasteiger partial charge in [-0.25, -0.2) is 18.3 Å². The number of rotatable bonds is 3. The highest BCUT2D eigenvalue weighted by molar-refractivity contribution is 5.86. The van der Waals surface area contributed by atoms with Gasteiger partial charge in [0.25, 0.3) is 6.43 Å². The number of piperidine rings is 1. The van der Waals surface area contributed by atoms with E-state index in [0.717, 1.165) is 4.68 Å². The number of carbonyl (C=O) groups is 1. The molecular formula is C9H12F2N4O2. The zero-order chi connectivity index (χ0) is 12.4. The average Bonchev–Trinajstić information content (AvgIpc) is 2.74. The smallest absolute Gasteiger partial charge is 0.358 e. The van der Waals surface area contributed by atoms with E-state index in [1.807, 2.05) is 0 Å². The SMILES string of the molecule is O=C(O)c1nnn(C2CCNCC2)c1C(F)F. The van der Waals surface area contributed by atoms with Crippen LogP contribution in [0.15, 0.2) is 0 Å². The van der Waals surface area contributed by atoms with Crippen LogP contribution in [0.25, 0.3) is 0 Å². The van der Waals surface area contributed by atoms with Crippen molar-refractivity contribution in [2.24, 2.45) is 0 Å². The molecule has 1 aliphatic heterocycles. The molecule has 1 saturated heterocycles. The van der Waals surface area contributed by atoms with Gasteiger partial charge < -0.3 is 10.4 Å². The average molecular weight is 246 g/mol. The summed E-state index contributed by atoms with van der Waals surface area (Å²) in [6.45, 7) is 1.41. The predicted octanol–water partition coefficient (Wildman–Crippen LogP) is 0.838. The van der Waals surface area contributed by atoms with E-state index in [-0.39, 0.29) is 6.04 Å². The molecule has 1 aliphatic rings. The molecular weight excluding hydrogens is 234 g/mol. The Labute approximate surface area is 95.6 Å². The molecule has 0 radical (unpaired) electrons. The summed E-state index contributed by atoms with van der Waals surface area (Å²) in [5.41, 5.74) is -1.25. The van der Waals surface area contributed by atoms with Crippen LogP contribution in [0, 0.1) is 0 Å². The van der Waals surface area contributed by atoms with Crippen molar-refractivity contribution in [3.63, 3.8) is 0 Å². The fraction of sp³-hybridized carbons (Fsp3) is 0.667. The Bertz CT molecular complexity index is 415. The third-order valence-electron chi connectivity index (χ3n) is 2.79. The lowest BCUT2D eigenvalue weighted by Gasteiger charge is -2.23. The first kappa shape index (κ1) is 11.9. The molecule has 1 aromatic heterocycles. The first-order valence-electron chi connectivity index (χ1n) is 5.28. The van der Waals surface area contributed by atoms with Gasteiger partial charge in [-0.2, -0.15) is 0 Å². The van der Waals surface area contributed by atoms with E-state index in [2.05, 4.69) is 15.6 Å². The summed E-state index contributed by atoms with van der Waals surface area (Å²) in [6, 6.07) is -0.208. The Hall–Kier alpha value is -1.57. The minimum atomic E-state index is -2.88. The van der Waals surface area contributed by atoms with Crippen LogP contribution < -0.4 is 5.32 Å². The number of hydrogen-bond donors (Lipinski definition) is 2. The van der Waals surface area contributed by atoms with E-state index in [4.69, 9.17) is 5.11 Å². The monoisotopic (exact) mass is 246 g/mol. The molecule has 8 heteroatoms. The maximum absolute atomic E-state index is 12.9. The van der Waals surface area contributed by atoms with Gasteiger partial charge in [0.05, 0.1) is 6.04 Å². The van der Waals surface area contributed by atoms with Crippen LogP contribution in [0.4, 0.5) is 8.78 Å². The fourth-order valence-electron chi connectivity index (χ4n) is 1.98. The van der Waals surface area contributed by atoms with Crippen molar-refractivity contribution in [2.75, 3.05) is 13.1 Å². The summed E-state index contributed by atoms with van der Waals surface area (Å²) in [7, 11) is 0. The second-order valence-corrected chi connectivity index (χ2v) is 3.85. The summed E-state index contributed by atoms with van der Waals surface area (Å²) >= 11 is 0. The predicted molar refractivity (Wildman–Crippen MR) is 53.1 cm³/mol. The summed E-state index contributed by atoms with van der Waals surface area (Å²) in [5, 5.41) is 18.7. The van der Waals surface area contributed by atoms with E-state index in [1.165, 1.54) is 0 Å². The van der Waals surface area contributed by atoms with Crippen LogP contribution >= 0.6 is 0 Å². The van der Waals surface area contributed by atoms with Gasteiger partial charge in [0.15, 0.2) is 5.69 Å². The van der Waals surface area contributed by atoms with E-state index < -0.39 is 23.8 Å². The van der Waals surface area contributed by atoms with Crippen LogP contribution in [0.5, 0.6) is 0 Å². The topological polar surface area (TPSA) is 80.0 Å². The fourth-order valence-corrected chi connectivity index (χ4v) is 1.98. The lowest BCUT2D eigenvalue weighted by Crippen LogP contribution is -2.30. The molecule has 2 N–H and O–H groups in total. The normalized spacial score (nSPS) is 17.6. The largest absolute Gasteiger partial charge is 0.476 e. The van der Waals surface area contributed by atoms with E-state index in [1.54, 1.807) is 0 Å². The van der Waals surface area contributed by atoms with Gasteiger partial charge in [-0.3, -0.25) is 0 Å². The van der Waals surface area contributed by atoms with Gasteiger partial charge in [-0.15, -0.1) is 5.10 Å². The van der Waals surface area contributed by atoms with Gasteiger partial charge in [0.2, 0.25) is 0 Å². The molecule has 2 rings (SSSR count). The lowest BCUT2D eigenvalue weighted by molar-refractivity contribution is 0.0674. The van der Waals surface area contributed by atoms with E-state index in [0.29, 0.717) is 25.9 Å². The summed E-state index contributed by atoms with van der Waals surface area (Å²) in [4.78, 5) is 10.8. The third-order valence-corrected chi connectivity index (χ3v) is 2.79. The Kier molecular flexibility index (Phi) is 3.32. The number of carboxylic acids is 1. The van der Waals surface area contributed by atoms with Crippen molar-refractivity contribution in [3.05, 3.63) is 11.4 Å². The van der Waals surface area contributed by atoms with Crippen molar-refractivity contribution in [1.29, 1.82) is 0 Å². The highest BCUT2D eigenvalue weighted by Gasteiger charge is 2.30. The highest BCUT2D eigenvalue weighted by Crippen LogP contribution is 2.27. The molecule has 1 aromatic rings. The lowest BCUT2D eigenvalue weighted by atomic mass is 10.1. The van der Waals surface area contributed by atoms with Crippen LogP contribution in [-0.4, -0.2) is 39.2 Å². The Morgan fingerprint density at radius 1 is 1.47 bits per heavy atom. The maximum Gasteiger partial charge on any atom is 0.358 e. The molecule has 0 aliphatic carbocycles. The molecule has 0 bridgehead atoms. The number of carboxylic acid groups (broad SMARTS) is 1. The summed E-state index contributed by atoms with van der Waals surface area (Å²) < 4.78 is 26.8. The molecule has 0 amide bonds. The Morgan fingerprint density at radius 2 is 2.12 bits per heavy atom. The number of hydrogen-bond acceptors (Lipinski definition) is 4. The molecule has 6 nitrogen and oxygen atoms in total. The van der Waals surface area contributed by atoms with Crippen molar-refractivity contribution in [3.8, 4) is 0 Å². The molecule has 17 heavy (non-hydrogen) atoms. The molecule has 0 spiro atoms. The van der Waals surface area contributed by atoms with Crippen molar-refractivity contribution >= 4 is 5.97 Å². The van der Waals surface area contributed by atoms with E-state index >= 15 is 0 Å². The van der Waals surface area contributed by atoms with E-state index in [9.17, 15) is 13.6 Å². The Balaban J connectivity index is 2.35. The van der Waals surface area contributed by atoms with Crippen LogP contribution in [-0.2, 0) is 0 Å². The van der Waals surface area contributed by atoms with Crippen molar-refractivity contribution < 1.29 is 18.7 Å². The zero-order valence-corrected chi connectivity index (χ0v) is 8.94. The molecule has 0 aromatic carbocycles. The number of halogens is 2. The highest BCUT2D eigenvalue weighted by atomic mass is 19.3. The molecule has 0 saturated carbocycles. The Morgan fingerprint density at radius 3 is 2.65 bits per heavy atom. The van der Waals surface area contributed by atoms with Gasteiger partial charge in [0, 0.05) is 0 Å². The quantitative estimate of drug-likeness (QED) is 0.826. The van der Waals surface area contributed by atoms with Crippen LogP contribution in [0.1, 0.15) is 41.5 Å². The number of aromatic nitrogens is 3. The van der Waals surface area contributed by atoms with Crippen molar-refractivity contribution in [1.82, 2.24) is 20.3 Å². The molecule has 0 unspecified atom stereocenters. The van der Waals surface area contributed by atoms with Crippen molar-refractivity contribution in [2.45, 2.75) is 25.3 Å². The minimum absolute atomic E-state index is 0.208. The molecule has 94 valence electrons. The first-order valence-corrected chi connectivity index (χ1v) is 5.28. The zero-order valence-electron chi connectivity index (χ0n) is 8.94. The second kappa shape index (κ2) is 4.74. The van der Waals surface area contributed by atoms with Gasteiger partial charge in [-0.1, -0.05) is 5.21 Å². The van der Waals surface area contributed by atoms with Crippen LogP contribution in [0.2, 0.25) is 0 Å². The first-order chi connectivity index (χ1) is 8.11. The van der Waals surface area contributed by atoms with Crippen LogP contribution in [0.3, 0.4) is 0 Å². The standard InChI is InChI=1S/C9H12F2N4O2/c10-8(11)7-6(9(16)17)13-14-15(7)5-1-3-12-4-2-5/h5,8,12H,1-4H2,(H,16,17). The second-order valence-electron chi connectivity index (χ2n) is 3.85. The summed E-state index contributed by atoms with van der Waals surface area (Å²) in [5.74, 6) is -1.47. The summed E-state index contributed by atoms with van der Waals surface area (Å²) in [6.07, 6.45) is -1.60. The number of aromatic carboxylic acids is 1. The number of nitrogens with one attached hydrogen (secondary N) is 1. The minimum Gasteiger partial charge on any atom is -0.476 e. The molecule has 2 heterocycles. The molecule has 1 fully saturated rings. The van der Waals surface area contributed by atoms with Gasteiger partial charge in [-0.05, 0) is 25.9 Å². The number of nitrogens with zero attached hydrogens (tertiary/aromatic N) is 3. The van der Waals surface area contributed by atoms with Gasteiger partial charge >= 0.3 is 5.97 Å². The van der Waals surface area contributed by atoms with Gasteiger partial charge in [0.1, 0.15) is 5.69 Å². The molecule has 0 atom stereocenters.